The molecule has 1 aromatic rings. The maximum absolute atomic E-state index is 11.7. The molecule has 0 fully saturated rings. The highest BCUT2D eigenvalue weighted by atomic mass is 16.7. The topological polar surface area (TPSA) is 29.5 Å². The van der Waals surface area contributed by atoms with Gasteiger partial charge in [-0.1, -0.05) is 25.1 Å². The van der Waals surface area contributed by atoms with Gasteiger partial charge in [0, 0.05) is 6.42 Å². The van der Waals surface area contributed by atoms with Crippen molar-refractivity contribution in [3.05, 3.63) is 29.8 Å². The van der Waals surface area contributed by atoms with Crippen LogP contribution in [0.4, 0.5) is 5.69 Å². The first-order chi connectivity index (χ1) is 7.20. The van der Waals surface area contributed by atoms with E-state index in [4.69, 9.17) is 4.84 Å². The summed E-state index contributed by atoms with van der Waals surface area (Å²) in [6.45, 7) is 6.14. The summed E-state index contributed by atoms with van der Waals surface area (Å²) in [5.74, 6) is -0.0221. The number of nitrogens with zero attached hydrogens (tertiary/aromatic N) is 1. The van der Waals surface area contributed by atoms with Gasteiger partial charge in [-0.15, -0.1) is 0 Å². The van der Waals surface area contributed by atoms with Crippen molar-refractivity contribution in [2.75, 3.05) is 11.7 Å². The monoisotopic (exact) mass is 207 g/mol. The van der Waals surface area contributed by atoms with Crippen LogP contribution in [-0.4, -0.2) is 12.5 Å². The number of hydroxylamine groups is 1. The number of para-hydroxylation sites is 1. The van der Waals surface area contributed by atoms with Crippen LogP contribution >= 0.6 is 0 Å². The molecule has 15 heavy (non-hydrogen) atoms. The second-order valence-electron chi connectivity index (χ2n) is 3.25. The Labute approximate surface area is 90.6 Å². The zero-order valence-electron chi connectivity index (χ0n) is 9.49. The van der Waals surface area contributed by atoms with Crippen LogP contribution in [0.3, 0.4) is 0 Å². The Balaban J connectivity index is 2.98. The van der Waals surface area contributed by atoms with Crippen molar-refractivity contribution < 1.29 is 9.63 Å². The molecule has 3 heteroatoms. The molecule has 3 nitrogen and oxygen atoms in total. The number of rotatable bonds is 4. The van der Waals surface area contributed by atoms with Crippen molar-refractivity contribution in [2.45, 2.75) is 27.2 Å². The average molecular weight is 207 g/mol. The maximum Gasteiger partial charge on any atom is 0.250 e. The molecule has 0 radical (unpaired) electrons. The number of amides is 1. The number of carbonyl (C=O) groups is 1. The number of hydrogen-bond donors (Lipinski definition) is 0. The SMILES string of the molecule is CCON(C(=O)CC)c1ccccc1C. The quantitative estimate of drug-likeness (QED) is 0.710. The molecule has 0 aliphatic heterocycles. The molecule has 0 aliphatic rings. The highest BCUT2D eigenvalue weighted by molar-refractivity contribution is 5.91. The standard InChI is InChI=1S/C12H17NO2/c1-4-12(14)13(15-5-2)11-9-7-6-8-10(11)3/h6-9H,4-5H2,1-3H3. The summed E-state index contributed by atoms with van der Waals surface area (Å²) in [5.41, 5.74) is 1.86. The summed E-state index contributed by atoms with van der Waals surface area (Å²) in [5, 5.41) is 1.38. The lowest BCUT2D eigenvalue weighted by atomic mass is 10.2. The van der Waals surface area contributed by atoms with E-state index in [2.05, 4.69) is 0 Å². The Morgan fingerprint density at radius 1 is 1.33 bits per heavy atom. The largest absolute Gasteiger partial charge is 0.272 e. The first kappa shape index (κ1) is 11.7. The smallest absolute Gasteiger partial charge is 0.250 e. The molecule has 0 saturated heterocycles. The van der Waals surface area contributed by atoms with Crippen LogP contribution in [0.2, 0.25) is 0 Å². The van der Waals surface area contributed by atoms with Gasteiger partial charge in [0.2, 0.25) is 0 Å². The Morgan fingerprint density at radius 2 is 2.00 bits per heavy atom. The highest BCUT2D eigenvalue weighted by Crippen LogP contribution is 2.20. The van der Waals surface area contributed by atoms with Gasteiger partial charge in [0.25, 0.3) is 5.91 Å². The first-order valence-electron chi connectivity index (χ1n) is 5.22. The van der Waals surface area contributed by atoms with E-state index >= 15 is 0 Å². The fourth-order valence-electron chi connectivity index (χ4n) is 1.34. The van der Waals surface area contributed by atoms with E-state index < -0.39 is 0 Å². The highest BCUT2D eigenvalue weighted by Gasteiger charge is 2.15. The van der Waals surface area contributed by atoms with Gasteiger partial charge >= 0.3 is 0 Å². The molecule has 0 atom stereocenters. The lowest BCUT2D eigenvalue weighted by Crippen LogP contribution is -2.30. The molecule has 0 N–H and O–H groups in total. The summed E-state index contributed by atoms with van der Waals surface area (Å²) in [6, 6.07) is 7.69. The summed E-state index contributed by atoms with van der Waals surface area (Å²) < 4.78 is 0. The van der Waals surface area contributed by atoms with Gasteiger partial charge in [0.05, 0.1) is 12.3 Å². The fourth-order valence-corrected chi connectivity index (χ4v) is 1.34. The average Bonchev–Trinajstić information content (AvgIpc) is 2.26. The number of benzene rings is 1. The van der Waals surface area contributed by atoms with Crippen LogP contribution < -0.4 is 5.06 Å². The minimum Gasteiger partial charge on any atom is -0.272 e. The lowest BCUT2D eigenvalue weighted by molar-refractivity contribution is -0.125. The third-order valence-electron chi connectivity index (χ3n) is 2.12. The van der Waals surface area contributed by atoms with Gasteiger partial charge in [0.15, 0.2) is 0 Å². The molecule has 1 amide bonds. The third-order valence-corrected chi connectivity index (χ3v) is 2.12. The molecule has 82 valence electrons. The number of hydrogen-bond acceptors (Lipinski definition) is 2. The molecular weight excluding hydrogens is 190 g/mol. The van der Waals surface area contributed by atoms with Gasteiger partial charge in [-0.25, -0.2) is 0 Å². The molecule has 0 saturated carbocycles. The van der Waals surface area contributed by atoms with E-state index in [-0.39, 0.29) is 5.91 Å². The van der Waals surface area contributed by atoms with Crippen molar-refractivity contribution in [3.63, 3.8) is 0 Å². The molecular formula is C12H17NO2. The Morgan fingerprint density at radius 3 is 2.53 bits per heavy atom. The lowest BCUT2D eigenvalue weighted by Gasteiger charge is -2.22. The molecule has 0 heterocycles. The number of aryl methyl sites for hydroxylation is 1. The van der Waals surface area contributed by atoms with Gasteiger partial charge in [-0.3, -0.25) is 9.63 Å². The minimum absolute atomic E-state index is 0.0221. The second-order valence-corrected chi connectivity index (χ2v) is 3.25. The third kappa shape index (κ3) is 2.80. The van der Waals surface area contributed by atoms with Crippen LogP contribution in [0, 0.1) is 6.92 Å². The molecule has 0 bridgehead atoms. The normalized spacial score (nSPS) is 10.1. The van der Waals surface area contributed by atoms with Crippen molar-refractivity contribution in [3.8, 4) is 0 Å². The predicted octanol–water partition coefficient (Wildman–Crippen LogP) is 2.69. The van der Waals surface area contributed by atoms with Crippen LogP contribution in [0.15, 0.2) is 24.3 Å². The van der Waals surface area contributed by atoms with Crippen molar-refractivity contribution >= 4 is 11.6 Å². The molecule has 0 unspecified atom stereocenters. The van der Waals surface area contributed by atoms with Crippen molar-refractivity contribution in [1.82, 2.24) is 0 Å². The molecule has 0 aliphatic carbocycles. The van der Waals surface area contributed by atoms with E-state index in [0.29, 0.717) is 13.0 Å². The van der Waals surface area contributed by atoms with Crippen LogP contribution in [0.1, 0.15) is 25.8 Å². The van der Waals surface area contributed by atoms with Gasteiger partial charge in [-0.2, -0.15) is 5.06 Å². The van der Waals surface area contributed by atoms with Crippen molar-refractivity contribution in [1.29, 1.82) is 0 Å². The van der Waals surface area contributed by atoms with Crippen molar-refractivity contribution in [2.24, 2.45) is 0 Å². The van der Waals surface area contributed by atoms with Crippen LogP contribution in [-0.2, 0) is 9.63 Å². The van der Waals surface area contributed by atoms with Gasteiger partial charge < -0.3 is 0 Å². The fraction of sp³-hybridized carbons (Fsp3) is 0.417. The van der Waals surface area contributed by atoms with Crippen LogP contribution in [0.25, 0.3) is 0 Å². The molecule has 1 aromatic carbocycles. The predicted molar refractivity (Wildman–Crippen MR) is 60.6 cm³/mol. The summed E-state index contributed by atoms with van der Waals surface area (Å²) in [6.07, 6.45) is 0.439. The van der Waals surface area contributed by atoms with E-state index in [1.54, 1.807) is 0 Å². The van der Waals surface area contributed by atoms with E-state index in [0.717, 1.165) is 11.3 Å². The van der Waals surface area contributed by atoms with Gasteiger partial charge in [0.1, 0.15) is 0 Å². The van der Waals surface area contributed by atoms with E-state index in [1.165, 1.54) is 5.06 Å². The maximum atomic E-state index is 11.7. The van der Waals surface area contributed by atoms with E-state index in [1.807, 2.05) is 45.0 Å². The molecule has 0 aromatic heterocycles. The Kier molecular flexibility index (Phi) is 4.31. The number of carbonyl (C=O) groups excluding carboxylic acids is 1. The van der Waals surface area contributed by atoms with E-state index in [9.17, 15) is 4.79 Å². The summed E-state index contributed by atoms with van der Waals surface area (Å²) >= 11 is 0. The molecule has 1 rings (SSSR count). The zero-order chi connectivity index (χ0) is 11.3. The van der Waals surface area contributed by atoms with Gasteiger partial charge in [-0.05, 0) is 25.5 Å². The second kappa shape index (κ2) is 5.51. The minimum atomic E-state index is -0.0221. The zero-order valence-corrected chi connectivity index (χ0v) is 9.49. The Bertz CT molecular complexity index is 336. The first-order valence-corrected chi connectivity index (χ1v) is 5.22. The number of anilines is 1. The summed E-state index contributed by atoms with van der Waals surface area (Å²) in [4.78, 5) is 17.0. The van der Waals surface area contributed by atoms with Crippen LogP contribution in [0.5, 0.6) is 0 Å². The Hall–Kier alpha value is -1.35. The molecule has 0 spiro atoms. The summed E-state index contributed by atoms with van der Waals surface area (Å²) in [7, 11) is 0.